The first kappa shape index (κ1) is 14.9. The zero-order valence-electron chi connectivity index (χ0n) is 13.8. The number of nitrogens with one attached hydrogen (secondary N) is 2. The molecule has 0 aromatic carbocycles. The summed E-state index contributed by atoms with van der Waals surface area (Å²) >= 11 is 0. The number of halogens is 1. The summed E-state index contributed by atoms with van der Waals surface area (Å²) in [5.74, 6) is -0.297. The van der Waals surface area contributed by atoms with E-state index in [1.165, 1.54) is 11.8 Å². The number of aryl methyl sites for hydroxylation is 1. The second-order valence-corrected chi connectivity index (χ2v) is 6.13. The van der Waals surface area contributed by atoms with Gasteiger partial charge in [0.1, 0.15) is 5.82 Å². The van der Waals surface area contributed by atoms with Crippen LogP contribution in [0.3, 0.4) is 0 Å². The summed E-state index contributed by atoms with van der Waals surface area (Å²) in [6.07, 6.45) is 3.19. The summed E-state index contributed by atoms with van der Waals surface area (Å²) in [6, 6.07) is 3.41. The Kier molecular flexibility index (Phi) is 3.37. The van der Waals surface area contributed by atoms with E-state index in [-0.39, 0.29) is 5.82 Å². The van der Waals surface area contributed by atoms with Gasteiger partial charge in [-0.25, -0.2) is 9.37 Å². The quantitative estimate of drug-likeness (QED) is 0.755. The van der Waals surface area contributed by atoms with Crippen molar-refractivity contribution >= 4 is 16.7 Å². The van der Waals surface area contributed by atoms with Gasteiger partial charge in [-0.05, 0) is 25.0 Å². The van der Waals surface area contributed by atoms with Crippen molar-refractivity contribution in [1.29, 1.82) is 0 Å². The van der Waals surface area contributed by atoms with E-state index >= 15 is 0 Å². The fourth-order valence-corrected chi connectivity index (χ4v) is 3.49. The molecule has 4 nitrogen and oxygen atoms in total. The van der Waals surface area contributed by atoms with Crippen LogP contribution in [0.15, 0.2) is 24.9 Å². The van der Waals surface area contributed by atoms with Gasteiger partial charge in [-0.2, -0.15) is 0 Å². The van der Waals surface area contributed by atoms with E-state index in [0.717, 1.165) is 46.6 Å². The number of aromatic amines is 1. The molecule has 0 aliphatic carbocycles. The number of nitrogens with zero attached hydrogens (tertiary/aromatic N) is 2. The highest BCUT2D eigenvalue weighted by atomic mass is 19.1. The smallest absolute Gasteiger partial charge is 0.146 e. The molecule has 0 saturated heterocycles. The monoisotopic (exact) mass is 322 g/mol. The van der Waals surface area contributed by atoms with Crippen molar-refractivity contribution in [3.05, 3.63) is 53.2 Å². The zero-order valence-corrected chi connectivity index (χ0v) is 13.8. The summed E-state index contributed by atoms with van der Waals surface area (Å²) in [7, 11) is 0. The molecule has 2 N–H and O–H groups in total. The van der Waals surface area contributed by atoms with Crippen LogP contribution in [-0.4, -0.2) is 21.5 Å². The lowest BCUT2D eigenvalue weighted by Crippen LogP contribution is -2.21. The molecule has 4 rings (SSSR count). The molecule has 3 aromatic rings. The van der Waals surface area contributed by atoms with Crippen LogP contribution in [0.4, 0.5) is 4.39 Å². The third-order valence-corrected chi connectivity index (χ3v) is 4.69. The predicted octanol–water partition coefficient (Wildman–Crippen LogP) is 3.75. The SMILES string of the molecule is C=C1NCCc2[nH]c(-c3ccnc4cc(F)c(CC)nc34)c(C)c21. The van der Waals surface area contributed by atoms with Crippen LogP contribution in [0.2, 0.25) is 0 Å². The Labute approximate surface area is 139 Å². The lowest BCUT2D eigenvalue weighted by Gasteiger charge is -2.17. The highest BCUT2D eigenvalue weighted by Crippen LogP contribution is 2.35. The maximum Gasteiger partial charge on any atom is 0.146 e. The van der Waals surface area contributed by atoms with Gasteiger partial charge in [0.05, 0.1) is 22.4 Å². The van der Waals surface area contributed by atoms with E-state index in [4.69, 9.17) is 0 Å². The molecule has 0 unspecified atom stereocenters. The zero-order chi connectivity index (χ0) is 16.8. The van der Waals surface area contributed by atoms with Gasteiger partial charge in [0.15, 0.2) is 0 Å². The van der Waals surface area contributed by atoms with E-state index in [9.17, 15) is 4.39 Å². The van der Waals surface area contributed by atoms with Crippen LogP contribution in [0.25, 0.3) is 28.0 Å². The van der Waals surface area contributed by atoms with Gasteiger partial charge in [0, 0.05) is 47.7 Å². The minimum Gasteiger partial charge on any atom is -0.385 e. The van der Waals surface area contributed by atoms with Crippen molar-refractivity contribution in [1.82, 2.24) is 20.3 Å². The van der Waals surface area contributed by atoms with Crippen LogP contribution >= 0.6 is 0 Å². The van der Waals surface area contributed by atoms with Gasteiger partial charge < -0.3 is 10.3 Å². The van der Waals surface area contributed by atoms with Gasteiger partial charge in [0.2, 0.25) is 0 Å². The molecule has 122 valence electrons. The first-order chi connectivity index (χ1) is 11.6. The maximum absolute atomic E-state index is 14.0. The average molecular weight is 322 g/mol. The Bertz CT molecular complexity index is 971. The minimum absolute atomic E-state index is 0.297. The normalized spacial score (nSPS) is 13.9. The number of pyridine rings is 2. The lowest BCUT2D eigenvalue weighted by atomic mass is 10.00. The molecule has 5 heteroatoms. The van der Waals surface area contributed by atoms with Crippen molar-refractivity contribution in [3.8, 4) is 11.3 Å². The standard InChI is InChI=1S/C19H19FN4/c1-4-14-13(20)9-16-19(23-14)12(5-7-22-16)18-10(2)17-11(3)21-8-6-15(17)24-18/h5,7,9,21,24H,3-4,6,8H2,1-2H3. The number of hydrogen-bond acceptors (Lipinski definition) is 3. The number of aromatic nitrogens is 3. The molecule has 1 aliphatic heterocycles. The maximum atomic E-state index is 14.0. The minimum atomic E-state index is -0.297. The number of rotatable bonds is 2. The Balaban J connectivity index is 1.99. The molecule has 1 aliphatic rings. The van der Waals surface area contributed by atoms with Crippen LogP contribution < -0.4 is 5.32 Å². The summed E-state index contributed by atoms with van der Waals surface area (Å²) in [5.41, 5.74) is 8.17. The summed E-state index contributed by atoms with van der Waals surface area (Å²) in [5, 5.41) is 3.31. The van der Waals surface area contributed by atoms with Crippen LogP contribution in [0, 0.1) is 12.7 Å². The van der Waals surface area contributed by atoms with Gasteiger partial charge in [0.25, 0.3) is 0 Å². The lowest BCUT2D eigenvalue weighted by molar-refractivity contribution is 0.605. The fraction of sp³-hybridized carbons (Fsp3) is 0.263. The molecule has 0 spiro atoms. The van der Waals surface area contributed by atoms with E-state index in [0.29, 0.717) is 17.6 Å². The third kappa shape index (κ3) is 2.12. The molecule has 0 saturated carbocycles. The van der Waals surface area contributed by atoms with Crippen molar-refractivity contribution in [3.63, 3.8) is 0 Å². The van der Waals surface area contributed by atoms with Crippen molar-refractivity contribution in [2.24, 2.45) is 0 Å². The Morgan fingerprint density at radius 1 is 1.38 bits per heavy atom. The van der Waals surface area contributed by atoms with Crippen LogP contribution in [-0.2, 0) is 12.8 Å². The Hall–Kier alpha value is -2.69. The molecule has 3 aromatic heterocycles. The van der Waals surface area contributed by atoms with E-state index in [1.54, 1.807) is 6.20 Å². The summed E-state index contributed by atoms with van der Waals surface area (Å²) < 4.78 is 14.0. The highest BCUT2D eigenvalue weighted by molar-refractivity contribution is 5.92. The average Bonchev–Trinajstić information content (AvgIpc) is 2.91. The Morgan fingerprint density at radius 2 is 2.21 bits per heavy atom. The van der Waals surface area contributed by atoms with Crippen molar-refractivity contribution < 1.29 is 4.39 Å². The van der Waals surface area contributed by atoms with E-state index < -0.39 is 0 Å². The molecule has 0 bridgehead atoms. The van der Waals surface area contributed by atoms with Gasteiger partial charge in [-0.1, -0.05) is 13.5 Å². The van der Waals surface area contributed by atoms with Crippen LogP contribution in [0.5, 0.6) is 0 Å². The van der Waals surface area contributed by atoms with E-state index in [2.05, 4.69) is 33.8 Å². The molecular formula is C19H19FN4. The van der Waals surface area contributed by atoms with Gasteiger partial charge >= 0.3 is 0 Å². The second kappa shape index (κ2) is 5.44. The molecular weight excluding hydrogens is 303 g/mol. The number of fused-ring (bicyclic) bond motifs is 2. The Morgan fingerprint density at radius 3 is 2.96 bits per heavy atom. The van der Waals surface area contributed by atoms with Gasteiger partial charge in [-0.15, -0.1) is 0 Å². The molecule has 0 radical (unpaired) electrons. The molecule has 0 amide bonds. The van der Waals surface area contributed by atoms with Crippen molar-refractivity contribution in [2.75, 3.05) is 6.54 Å². The first-order valence-electron chi connectivity index (χ1n) is 8.19. The molecule has 4 heterocycles. The largest absolute Gasteiger partial charge is 0.385 e. The predicted molar refractivity (Wildman–Crippen MR) is 94.1 cm³/mol. The first-order valence-corrected chi connectivity index (χ1v) is 8.19. The topological polar surface area (TPSA) is 53.6 Å². The molecule has 0 atom stereocenters. The molecule has 24 heavy (non-hydrogen) atoms. The second-order valence-electron chi connectivity index (χ2n) is 6.13. The number of hydrogen-bond donors (Lipinski definition) is 2. The van der Waals surface area contributed by atoms with Crippen LogP contribution in [0.1, 0.15) is 29.4 Å². The summed E-state index contributed by atoms with van der Waals surface area (Å²) in [4.78, 5) is 12.4. The fourth-order valence-electron chi connectivity index (χ4n) is 3.49. The third-order valence-electron chi connectivity index (χ3n) is 4.69. The highest BCUT2D eigenvalue weighted by Gasteiger charge is 2.22. The molecule has 0 fully saturated rings. The van der Waals surface area contributed by atoms with Gasteiger partial charge in [-0.3, -0.25) is 4.98 Å². The van der Waals surface area contributed by atoms with E-state index in [1.807, 2.05) is 13.0 Å². The number of H-pyrrole nitrogens is 1. The van der Waals surface area contributed by atoms with Crippen molar-refractivity contribution in [2.45, 2.75) is 26.7 Å². The summed E-state index contributed by atoms with van der Waals surface area (Å²) in [6.45, 7) is 8.98.